The third-order valence-electron chi connectivity index (χ3n) is 4.56. The van der Waals surface area contributed by atoms with Gasteiger partial charge < -0.3 is 26.2 Å². The molecule has 3 aromatic rings. The number of fused-ring (bicyclic) bond motifs is 1. The number of amides is 1. The minimum absolute atomic E-state index is 0.0155. The van der Waals surface area contributed by atoms with Crippen LogP contribution in [0.1, 0.15) is 33.0 Å². The van der Waals surface area contributed by atoms with Crippen molar-refractivity contribution < 1.29 is 19.8 Å². The number of aromatic hydroxyl groups is 1. The standard InChI is InChI=1S/C19H16N4O4S/c20-16(25)14(10-4-1-2-5-12(10)24)23-15-11(19(26)27)7-8-21-17(15)22-18(23)13-6-3-9-28-13/h1-9,14,18,24H,(H2,20,25)(H,21,22)(H,26,27). The van der Waals surface area contributed by atoms with Crippen LogP contribution in [0.3, 0.4) is 0 Å². The van der Waals surface area contributed by atoms with Gasteiger partial charge in [0.05, 0.1) is 11.3 Å². The topological polar surface area (TPSA) is 129 Å². The number of rotatable bonds is 5. The van der Waals surface area contributed by atoms with Crippen LogP contribution in [0, 0.1) is 0 Å². The van der Waals surface area contributed by atoms with E-state index in [0.29, 0.717) is 5.82 Å². The molecule has 0 saturated heterocycles. The van der Waals surface area contributed by atoms with Gasteiger partial charge in [0.2, 0.25) is 5.91 Å². The van der Waals surface area contributed by atoms with E-state index in [1.807, 2.05) is 17.5 Å². The lowest BCUT2D eigenvalue weighted by Gasteiger charge is -2.33. The number of hydrogen-bond donors (Lipinski definition) is 4. The Morgan fingerprint density at radius 2 is 2.00 bits per heavy atom. The number of phenols is 1. The van der Waals surface area contributed by atoms with Crippen LogP contribution in [0.15, 0.2) is 54.0 Å². The van der Waals surface area contributed by atoms with E-state index in [4.69, 9.17) is 5.73 Å². The highest BCUT2D eigenvalue weighted by Gasteiger charge is 2.42. The van der Waals surface area contributed by atoms with Gasteiger partial charge in [0, 0.05) is 16.6 Å². The van der Waals surface area contributed by atoms with Crippen molar-refractivity contribution in [2.24, 2.45) is 5.73 Å². The molecule has 0 spiro atoms. The minimum Gasteiger partial charge on any atom is -0.508 e. The third kappa shape index (κ3) is 2.81. The molecule has 1 aromatic carbocycles. The fourth-order valence-corrected chi connectivity index (χ4v) is 4.19. The lowest BCUT2D eigenvalue weighted by atomic mass is 10.0. The number of benzene rings is 1. The number of carboxylic acid groups (broad SMARTS) is 1. The molecule has 142 valence electrons. The summed E-state index contributed by atoms with van der Waals surface area (Å²) >= 11 is 1.44. The highest BCUT2D eigenvalue weighted by molar-refractivity contribution is 7.10. The second-order valence-corrected chi connectivity index (χ2v) is 7.17. The number of carbonyl (C=O) groups is 2. The molecule has 0 fully saturated rings. The number of carbonyl (C=O) groups excluding carboxylic acids is 1. The Labute approximate surface area is 163 Å². The van der Waals surface area contributed by atoms with E-state index >= 15 is 0 Å². The molecule has 2 atom stereocenters. The number of thiophene rings is 1. The van der Waals surface area contributed by atoms with E-state index in [1.54, 1.807) is 23.1 Å². The maximum absolute atomic E-state index is 12.5. The second-order valence-electron chi connectivity index (χ2n) is 6.19. The average molecular weight is 396 g/mol. The number of nitrogens with one attached hydrogen (secondary N) is 1. The highest BCUT2D eigenvalue weighted by Crippen LogP contribution is 2.48. The summed E-state index contributed by atoms with van der Waals surface area (Å²) in [4.78, 5) is 31.0. The fourth-order valence-electron chi connectivity index (χ4n) is 3.41. The molecule has 1 amide bonds. The summed E-state index contributed by atoms with van der Waals surface area (Å²) in [6.07, 6.45) is 0.823. The molecule has 8 nitrogen and oxygen atoms in total. The number of nitrogens with zero attached hydrogens (tertiary/aromatic N) is 2. The fraction of sp³-hybridized carbons (Fsp3) is 0.105. The van der Waals surface area contributed by atoms with Crippen LogP contribution in [-0.4, -0.2) is 27.1 Å². The Kier molecular flexibility index (Phi) is 4.36. The van der Waals surface area contributed by atoms with Crippen LogP contribution >= 0.6 is 11.3 Å². The van der Waals surface area contributed by atoms with E-state index in [0.717, 1.165) is 4.88 Å². The number of anilines is 2. The molecule has 2 aromatic heterocycles. The zero-order chi connectivity index (χ0) is 19.8. The van der Waals surface area contributed by atoms with E-state index in [9.17, 15) is 19.8 Å². The predicted octanol–water partition coefficient (Wildman–Crippen LogP) is 2.70. The van der Waals surface area contributed by atoms with Crippen molar-refractivity contribution in [3.63, 3.8) is 0 Å². The van der Waals surface area contributed by atoms with Gasteiger partial charge in [0.15, 0.2) is 5.82 Å². The molecule has 0 radical (unpaired) electrons. The molecular weight excluding hydrogens is 380 g/mol. The van der Waals surface area contributed by atoms with Crippen molar-refractivity contribution in [3.8, 4) is 5.75 Å². The number of nitrogens with two attached hydrogens (primary N) is 1. The number of phenolic OH excluding ortho intramolecular Hbond substituents is 1. The number of para-hydroxylation sites is 1. The molecular formula is C19H16N4O4S. The summed E-state index contributed by atoms with van der Waals surface area (Å²) in [5.74, 6) is -1.65. The van der Waals surface area contributed by atoms with Crippen LogP contribution in [-0.2, 0) is 4.79 Å². The van der Waals surface area contributed by atoms with E-state index in [1.165, 1.54) is 29.7 Å². The number of aromatic nitrogens is 1. The monoisotopic (exact) mass is 396 g/mol. The Balaban J connectivity index is 1.96. The van der Waals surface area contributed by atoms with E-state index in [2.05, 4.69) is 10.3 Å². The first kappa shape index (κ1) is 17.8. The van der Waals surface area contributed by atoms with Gasteiger partial charge in [-0.1, -0.05) is 24.3 Å². The van der Waals surface area contributed by atoms with Gasteiger partial charge in [-0.15, -0.1) is 11.3 Å². The van der Waals surface area contributed by atoms with Gasteiger partial charge in [0.25, 0.3) is 0 Å². The number of primary amides is 1. The normalized spacial score (nSPS) is 16.3. The summed E-state index contributed by atoms with van der Waals surface area (Å²) in [7, 11) is 0. The van der Waals surface area contributed by atoms with Crippen molar-refractivity contribution in [3.05, 3.63) is 70.0 Å². The molecule has 3 heterocycles. The lowest BCUT2D eigenvalue weighted by Crippen LogP contribution is -2.40. The summed E-state index contributed by atoms with van der Waals surface area (Å²) in [5, 5.41) is 25.1. The van der Waals surface area contributed by atoms with E-state index < -0.39 is 24.1 Å². The Bertz CT molecular complexity index is 1050. The second kappa shape index (κ2) is 6.86. The first-order chi connectivity index (χ1) is 13.5. The molecule has 0 aliphatic carbocycles. The molecule has 5 N–H and O–H groups in total. The summed E-state index contributed by atoms with van der Waals surface area (Å²) in [6, 6.07) is 10.3. The van der Waals surface area contributed by atoms with Gasteiger partial charge in [-0.05, 0) is 23.6 Å². The quantitative estimate of drug-likeness (QED) is 0.522. The lowest BCUT2D eigenvalue weighted by molar-refractivity contribution is -0.119. The average Bonchev–Trinajstić information content (AvgIpc) is 3.31. The largest absolute Gasteiger partial charge is 0.508 e. The molecule has 4 rings (SSSR count). The van der Waals surface area contributed by atoms with Crippen molar-refractivity contribution in [2.75, 3.05) is 10.2 Å². The van der Waals surface area contributed by atoms with Crippen LogP contribution in [0.25, 0.3) is 0 Å². The van der Waals surface area contributed by atoms with Crippen molar-refractivity contribution >= 4 is 34.7 Å². The summed E-state index contributed by atoms with van der Waals surface area (Å²) in [6.45, 7) is 0. The van der Waals surface area contributed by atoms with Gasteiger partial charge >= 0.3 is 5.97 Å². The van der Waals surface area contributed by atoms with Gasteiger partial charge in [-0.3, -0.25) is 4.79 Å². The smallest absolute Gasteiger partial charge is 0.338 e. The molecule has 1 aliphatic rings. The zero-order valence-corrected chi connectivity index (χ0v) is 15.3. The Morgan fingerprint density at radius 1 is 1.21 bits per heavy atom. The maximum atomic E-state index is 12.5. The molecule has 2 unspecified atom stereocenters. The highest BCUT2D eigenvalue weighted by atomic mass is 32.1. The molecule has 0 bridgehead atoms. The predicted molar refractivity (Wildman–Crippen MR) is 104 cm³/mol. The number of carboxylic acids is 1. The Morgan fingerprint density at radius 3 is 2.64 bits per heavy atom. The Hall–Kier alpha value is -3.59. The van der Waals surface area contributed by atoms with Crippen LogP contribution in [0.5, 0.6) is 5.75 Å². The molecule has 1 aliphatic heterocycles. The van der Waals surface area contributed by atoms with Crippen LogP contribution in [0.4, 0.5) is 11.5 Å². The van der Waals surface area contributed by atoms with Gasteiger partial charge in [0.1, 0.15) is 18.0 Å². The molecule has 9 heteroatoms. The maximum Gasteiger partial charge on any atom is 0.338 e. The molecule has 28 heavy (non-hydrogen) atoms. The van der Waals surface area contributed by atoms with Crippen molar-refractivity contribution in [1.82, 2.24) is 4.98 Å². The van der Waals surface area contributed by atoms with E-state index in [-0.39, 0.29) is 22.6 Å². The SMILES string of the molecule is NC(=O)C(c1ccccc1O)N1c2c(C(=O)O)ccnc2NC1c1cccs1. The summed E-state index contributed by atoms with van der Waals surface area (Å²) in [5.41, 5.74) is 6.25. The number of aromatic carboxylic acids is 1. The number of pyridine rings is 1. The first-order valence-corrected chi connectivity index (χ1v) is 9.24. The zero-order valence-electron chi connectivity index (χ0n) is 14.4. The van der Waals surface area contributed by atoms with Crippen molar-refractivity contribution in [2.45, 2.75) is 12.2 Å². The third-order valence-corrected chi connectivity index (χ3v) is 5.48. The van der Waals surface area contributed by atoms with Gasteiger partial charge in [-0.25, -0.2) is 9.78 Å². The first-order valence-electron chi connectivity index (χ1n) is 8.37. The van der Waals surface area contributed by atoms with Crippen LogP contribution in [0.2, 0.25) is 0 Å². The summed E-state index contributed by atoms with van der Waals surface area (Å²) < 4.78 is 0. The van der Waals surface area contributed by atoms with Crippen molar-refractivity contribution in [1.29, 1.82) is 0 Å². The number of hydrogen-bond acceptors (Lipinski definition) is 7. The molecule has 0 saturated carbocycles. The van der Waals surface area contributed by atoms with Crippen LogP contribution < -0.4 is 16.0 Å². The van der Waals surface area contributed by atoms with Gasteiger partial charge in [-0.2, -0.15) is 0 Å². The minimum atomic E-state index is -1.15.